The van der Waals surface area contributed by atoms with Crippen molar-refractivity contribution < 1.29 is 0 Å². The Bertz CT molecular complexity index is 174. The number of rotatable bonds is 2. The molecule has 0 aromatic carbocycles. The Labute approximate surface area is 85.4 Å². The van der Waals surface area contributed by atoms with Crippen LogP contribution in [0.2, 0.25) is 0 Å². The molecular weight excluding hydrogens is 180 g/mol. The first-order valence-corrected chi connectivity index (χ1v) is 6.57. The van der Waals surface area contributed by atoms with Crippen molar-refractivity contribution in [3.05, 3.63) is 0 Å². The summed E-state index contributed by atoms with van der Waals surface area (Å²) in [7, 11) is 0. The van der Waals surface area contributed by atoms with Gasteiger partial charge in [0.2, 0.25) is 0 Å². The molecule has 3 atom stereocenters. The number of hydrogen-bond donors (Lipinski definition) is 1. The summed E-state index contributed by atoms with van der Waals surface area (Å²) in [6.45, 7) is 7.43. The lowest BCUT2D eigenvalue weighted by Gasteiger charge is -2.27. The summed E-state index contributed by atoms with van der Waals surface area (Å²) in [5.74, 6) is 0.920. The Morgan fingerprint density at radius 3 is 2.85 bits per heavy atom. The van der Waals surface area contributed by atoms with E-state index in [1.165, 1.54) is 32.6 Å². The Morgan fingerprint density at radius 1 is 1.38 bits per heavy atom. The molecule has 3 unspecified atom stereocenters. The van der Waals surface area contributed by atoms with E-state index in [0.29, 0.717) is 0 Å². The molecule has 13 heavy (non-hydrogen) atoms. The van der Waals surface area contributed by atoms with Gasteiger partial charge in [-0.2, -0.15) is 11.8 Å². The fraction of sp³-hybridized carbons (Fsp3) is 1.00. The largest absolute Gasteiger partial charge is 0.314 e. The highest BCUT2D eigenvalue weighted by molar-refractivity contribution is 7.99. The number of likely N-dealkylation sites (tertiary alicyclic amines) is 1. The zero-order valence-electron chi connectivity index (χ0n) is 8.62. The lowest BCUT2D eigenvalue weighted by Crippen LogP contribution is -2.40. The Kier molecular flexibility index (Phi) is 3.17. The second-order valence-electron chi connectivity index (χ2n) is 4.39. The van der Waals surface area contributed by atoms with Gasteiger partial charge in [0.25, 0.3) is 0 Å². The van der Waals surface area contributed by atoms with Crippen LogP contribution in [0.1, 0.15) is 13.3 Å². The van der Waals surface area contributed by atoms with Crippen molar-refractivity contribution in [3.8, 4) is 0 Å². The van der Waals surface area contributed by atoms with Crippen LogP contribution in [0.25, 0.3) is 0 Å². The molecular formula is C10H20N2S. The van der Waals surface area contributed by atoms with Crippen LogP contribution in [0.5, 0.6) is 0 Å². The van der Waals surface area contributed by atoms with Gasteiger partial charge in [-0.1, -0.05) is 6.92 Å². The minimum absolute atomic E-state index is 0.806. The molecule has 3 heteroatoms. The van der Waals surface area contributed by atoms with Crippen LogP contribution in [0.15, 0.2) is 0 Å². The molecule has 0 bridgehead atoms. The van der Waals surface area contributed by atoms with E-state index in [9.17, 15) is 0 Å². The van der Waals surface area contributed by atoms with Crippen LogP contribution in [0.3, 0.4) is 0 Å². The molecule has 0 aromatic rings. The van der Waals surface area contributed by atoms with Gasteiger partial charge in [0.1, 0.15) is 0 Å². The number of nitrogens with zero attached hydrogens (tertiary/aromatic N) is 1. The van der Waals surface area contributed by atoms with Gasteiger partial charge < -0.3 is 5.32 Å². The van der Waals surface area contributed by atoms with Crippen LogP contribution >= 0.6 is 11.8 Å². The van der Waals surface area contributed by atoms with Crippen LogP contribution in [0.4, 0.5) is 0 Å². The lowest BCUT2D eigenvalue weighted by atomic mass is 10.2. The average Bonchev–Trinajstić information content (AvgIpc) is 2.71. The maximum absolute atomic E-state index is 3.50. The summed E-state index contributed by atoms with van der Waals surface area (Å²) in [4.78, 5) is 2.69. The molecule has 2 aliphatic rings. The fourth-order valence-corrected chi connectivity index (χ4v) is 3.38. The van der Waals surface area contributed by atoms with Crippen molar-refractivity contribution in [1.82, 2.24) is 10.2 Å². The van der Waals surface area contributed by atoms with Crippen molar-refractivity contribution in [1.29, 1.82) is 0 Å². The van der Waals surface area contributed by atoms with E-state index in [1.807, 2.05) is 11.8 Å². The normalized spacial score (nSPS) is 41.5. The number of thioether (sulfide) groups is 1. The van der Waals surface area contributed by atoms with E-state index < -0.39 is 0 Å². The van der Waals surface area contributed by atoms with Gasteiger partial charge in [0, 0.05) is 30.9 Å². The summed E-state index contributed by atoms with van der Waals surface area (Å²) >= 11 is 2.02. The minimum Gasteiger partial charge on any atom is -0.314 e. The minimum atomic E-state index is 0.806. The Balaban J connectivity index is 1.92. The molecule has 2 fully saturated rings. The molecule has 0 spiro atoms. The highest BCUT2D eigenvalue weighted by Crippen LogP contribution is 2.25. The van der Waals surface area contributed by atoms with Gasteiger partial charge in [0.15, 0.2) is 0 Å². The lowest BCUT2D eigenvalue weighted by molar-refractivity contribution is 0.255. The molecule has 2 rings (SSSR count). The predicted octanol–water partition coefficient (Wildman–Crippen LogP) is 1.03. The van der Waals surface area contributed by atoms with Crippen molar-refractivity contribution in [3.63, 3.8) is 0 Å². The molecule has 2 saturated heterocycles. The van der Waals surface area contributed by atoms with Crippen LogP contribution in [-0.4, -0.2) is 48.6 Å². The molecule has 76 valence electrons. The third kappa shape index (κ3) is 2.03. The first-order valence-electron chi connectivity index (χ1n) is 5.29. The highest BCUT2D eigenvalue weighted by Gasteiger charge is 2.34. The smallest absolute Gasteiger partial charge is 0.0351 e. The molecule has 0 saturated carbocycles. The Hall–Kier alpha value is 0.270. The van der Waals surface area contributed by atoms with Gasteiger partial charge in [-0.15, -0.1) is 0 Å². The van der Waals surface area contributed by atoms with Crippen LogP contribution < -0.4 is 5.32 Å². The van der Waals surface area contributed by atoms with Crippen molar-refractivity contribution in [2.24, 2.45) is 5.92 Å². The zero-order chi connectivity index (χ0) is 9.26. The summed E-state index contributed by atoms with van der Waals surface area (Å²) in [6, 6.07) is 0.806. The molecule has 2 aliphatic heterocycles. The first-order chi connectivity index (χ1) is 6.31. The van der Waals surface area contributed by atoms with Crippen LogP contribution in [-0.2, 0) is 0 Å². The van der Waals surface area contributed by atoms with E-state index in [-0.39, 0.29) is 0 Å². The topological polar surface area (TPSA) is 15.3 Å². The fourth-order valence-electron chi connectivity index (χ4n) is 2.52. The molecule has 0 radical (unpaired) electrons. The van der Waals surface area contributed by atoms with Gasteiger partial charge in [0.05, 0.1) is 0 Å². The van der Waals surface area contributed by atoms with Gasteiger partial charge in [-0.05, 0) is 25.1 Å². The molecule has 2 heterocycles. The van der Waals surface area contributed by atoms with E-state index >= 15 is 0 Å². The molecule has 1 N–H and O–H groups in total. The third-order valence-electron chi connectivity index (χ3n) is 3.36. The summed E-state index contributed by atoms with van der Waals surface area (Å²) < 4.78 is 0. The predicted molar refractivity (Wildman–Crippen MR) is 59.3 cm³/mol. The number of hydrogen-bond acceptors (Lipinski definition) is 3. The maximum atomic E-state index is 3.50. The third-order valence-corrected chi connectivity index (χ3v) is 4.44. The van der Waals surface area contributed by atoms with Crippen molar-refractivity contribution >= 4 is 11.8 Å². The van der Waals surface area contributed by atoms with E-state index in [4.69, 9.17) is 0 Å². The second-order valence-corrected chi connectivity index (χ2v) is 5.47. The van der Waals surface area contributed by atoms with E-state index in [0.717, 1.165) is 17.2 Å². The van der Waals surface area contributed by atoms with E-state index in [1.54, 1.807) is 0 Å². The molecule has 0 aromatic heterocycles. The summed E-state index contributed by atoms with van der Waals surface area (Å²) in [5, 5.41) is 4.33. The Morgan fingerprint density at radius 2 is 2.23 bits per heavy atom. The standard InChI is InChI=1S/C10H20N2S/c1-8-3-4-12(7-8)9-5-11-6-10(9)13-2/h8-11H,3-7H2,1-2H3. The quantitative estimate of drug-likeness (QED) is 0.717. The maximum Gasteiger partial charge on any atom is 0.0351 e. The number of nitrogens with one attached hydrogen (secondary N) is 1. The highest BCUT2D eigenvalue weighted by atomic mass is 32.2. The molecule has 2 nitrogen and oxygen atoms in total. The molecule has 0 aliphatic carbocycles. The summed E-state index contributed by atoms with van der Waals surface area (Å²) in [5.41, 5.74) is 0. The van der Waals surface area contributed by atoms with Gasteiger partial charge in [-0.25, -0.2) is 0 Å². The van der Waals surface area contributed by atoms with Crippen molar-refractivity contribution in [2.75, 3.05) is 32.4 Å². The van der Waals surface area contributed by atoms with E-state index in [2.05, 4.69) is 23.4 Å². The van der Waals surface area contributed by atoms with Gasteiger partial charge in [-0.3, -0.25) is 4.90 Å². The molecule has 0 amide bonds. The first kappa shape index (κ1) is 9.81. The average molecular weight is 200 g/mol. The second kappa shape index (κ2) is 4.20. The van der Waals surface area contributed by atoms with Crippen LogP contribution in [0, 0.1) is 5.92 Å². The zero-order valence-corrected chi connectivity index (χ0v) is 9.44. The summed E-state index contributed by atoms with van der Waals surface area (Å²) in [6.07, 6.45) is 3.64. The van der Waals surface area contributed by atoms with Gasteiger partial charge >= 0.3 is 0 Å². The monoisotopic (exact) mass is 200 g/mol. The van der Waals surface area contributed by atoms with Crippen molar-refractivity contribution in [2.45, 2.75) is 24.6 Å². The SMILES string of the molecule is CSC1CNCC1N1CCC(C)C1.